The van der Waals surface area contributed by atoms with Crippen LogP contribution in [0.4, 0.5) is 11.4 Å². The minimum Gasteiger partial charge on any atom is -0.336 e. The zero-order chi connectivity index (χ0) is 24.2. The van der Waals surface area contributed by atoms with Crippen LogP contribution in [-0.4, -0.2) is 34.4 Å². The van der Waals surface area contributed by atoms with Crippen molar-refractivity contribution in [1.82, 2.24) is 4.90 Å². The Morgan fingerprint density at radius 2 is 1.76 bits per heavy atom. The fraction of sp³-hybridized carbons (Fsp3) is 0.192. The van der Waals surface area contributed by atoms with Crippen molar-refractivity contribution in [2.24, 2.45) is 0 Å². The van der Waals surface area contributed by atoms with Crippen LogP contribution in [0.2, 0.25) is 10.0 Å². The van der Waals surface area contributed by atoms with E-state index in [-0.39, 0.29) is 18.2 Å². The SMILES string of the molecule is Cc1ccc(N2C(=O)C[C@@H](N(CCc3ccccc3)C(=S)Nc3cc(Cl)ccc3Cl)C2=O)cc1. The lowest BCUT2D eigenvalue weighted by atomic mass is 10.1. The molecule has 1 aliphatic heterocycles. The molecule has 1 heterocycles. The highest BCUT2D eigenvalue weighted by molar-refractivity contribution is 7.80. The lowest BCUT2D eigenvalue weighted by Gasteiger charge is -2.30. The number of hydrogen-bond donors (Lipinski definition) is 1. The molecule has 0 radical (unpaired) electrons. The highest BCUT2D eigenvalue weighted by atomic mass is 35.5. The number of carbonyl (C=O) groups is 2. The lowest BCUT2D eigenvalue weighted by molar-refractivity contribution is -0.122. The van der Waals surface area contributed by atoms with Crippen molar-refractivity contribution in [2.45, 2.75) is 25.8 Å². The van der Waals surface area contributed by atoms with Gasteiger partial charge in [0.25, 0.3) is 5.91 Å². The van der Waals surface area contributed by atoms with Gasteiger partial charge in [-0.05, 0) is 61.5 Å². The van der Waals surface area contributed by atoms with Crippen molar-refractivity contribution in [1.29, 1.82) is 0 Å². The van der Waals surface area contributed by atoms with Crippen LogP contribution in [0.5, 0.6) is 0 Å². The molecule has 0 saturated carbocycles. The zero-order valence-electron chi connectivity index (χ0n) is 18.5. The molecule has 2 amide bonds. The van der Waals surface area contributed by atoms with Gasteiger partial charge in [-0.1, -0.05) is 71.2 Å². The number of nitrogens with zero attached hydrogens (tertiary/aromatic N) is 2. The van der Waals surface area contributed by atoms with Crippen LogP contribution in [0.25, 0.3) is 0 Å². The number of aryl methyl sites for hydroxylation is 1. The first-order valence-electron chi connectivity index (χ1n) is 10.8. The number of amides is 2. The van der Waals surface area contributed by atoms with Gasteiger partial charge in [0, 0.05) is 11.6 Å². The molecule has 1 fully saturated rings. The zero-order valence-corrected chi connectivity index (χ0v) is 20.8. The maximum absolute atomic E-state index is 13.5. The Hall–Kier alpha value is -2.93. The number of carbonyl (C=O) groups excluding carboxylic acids is 2. The van der Waals surface area contributed by atoms with Crippen LogP contribution in [0.1, 0.15) is 17.5 Å². The molecular weight excluding hydrogens is 489 g/mol. The molecule has 0 spiro atoms. The molecule has 1 saturated heterocycles. The molecule has 0 aromatic heterocycles. The van der Waals surface area contributed by atoms with E-state index in [9.17, 15) is 9.59 Å². The van der Waals surface area contributed by atoms with Gasteiger partial charge in [0.1, 0.15) is 6.04 Å². The van der Waals surface area contributed by atoms with E-state index >= 15 is 0 Å². The third kappa shape index (κ3) is 5.41. The van der Waals surface area contributed by atoms with Gasteiger partial charge in [0.05, 0.1) is 22.8 Å². The number of benzene rings is 3. The van der Waals surface area contributed by atoms with Crippen LogP contribution >= 0.6 is 35.4 Å². The van der Waals surface area contributed by atoms with E-state index < -0.39 is 6.04 Å². The minimum atomic E-state index is -0.726. The molecule has 4 rings (SSSR count). The average molecular weight is 512 g/mol. The lowest BCUT2D eigenvalue weighted by Crippen LogP contribution is -2.48. The summed E-state index contributed by atoms with van der Waals surface area (Å²) in [6.45, 7) is 2.40. The Balaban J connectivity index is 1.61. The molecule has 1 N–H and O–H groups in total. The van der Waals surface area contributed by atoms with E-state index in [1.807, 2.05) is 49.4 Å². The number of nitrogens with one attached hydrogen (secondary N) is 1. The summed E-state index contributed by atoms with van der Waals surface area (Å²) < 4.78 is 0. The smallest absolute Gasteiger partial charge is 0.257 e. The third-order valence-electron chi connectivity index (χ3n) is 5.71. The Kier molecular flexibility index (Phi) is 7.51. The molecule has 34 heavy (non-hydrogen) atoms. The number of imide groups is 1. The van der Waals surface area contributed by atoms with E-state index in [0.29, 0.717) is 39.5 Å². The highest BCUT2D eigenvalue weighted by Gasteiger charge is 2.43. The Labute approximate surface area is 214 Å². The Morgan fingerprint density at radius 1 is 1.06 bits per heavy atom. The van der Waals surface area contributed by atoms with Crippen LogP contribution in [0, 0.1) is 6.92 Å². The molecule has 0 bridgehead atoms. The normalized spacial score (nSPS) is 15.5. The van der Waals surface area contributed by atoms with Crippen LogP contribution in [0.15, 0.2) is 72.8 Å². The van der Waals surface area contributed by atoms with Crippen molar-refractivity contribution < 1.29 is 9.59 Å². The summed E-state index contributed by atoms with van der Waals surface area (Å²) >= 11 is 18.2. The Morgan fingerprint density at radius 3 is 2.47 bits per heavy atom. The van der Waals surface area contributed by atoms with E-state index in [2.05, 4.69) is 5.32 Å². The topological polar surface area (TPSA) is 52.7 Å². The molecule has 1 aliphatic rings. The number of halogens is 2. The van der Waals surface area contributed by atoms with Crippen molar-refractivity contribution >= 4 is 63.7 Å². The van der Waals surface area contributed by atoms with Gasteiger partial charge in [-0.25, -0.2) is 4.90 Å². The van der Waals surface area contributed by atoms with Crippen molar-refractivity contribution in [3.8, 4) is 0 Å². The fourth-order valence-electron chi connectivity index (χ4n) is 3.90. The number of thiocarbonyl (C=S) groups is 1. The first kappa shape index (κ1) is 24.2. The van der Waals surface area contributed by atoms with Crippen molar-refractivity contribution in [3.05, 3.63) is 94.0 Å². The van der Waals surface area contributed by atoms with E-state index in [4.69, 9.17) is 35.4 Å². The summed E-state index contributed by atoms with van der Waals surface area (Å²) in [6.07, 6.45) is 0.682. The van der Waals surface area contributed by atoms with Gasteiger partial charge in [-0.2, -0.15) is 0 Å². The average Bonchev–Trinajstić information content (AvgIpc) is 3.11. The molecule has 0 aliphatic carbocycles. The molecule has 5 nitrogen and oxygen atoms in total. The predicted molar refractivity (Wildman–Crippen MR) is 142 cm³/mol. The molecule has 1 atom stereocenters. The standard InChI is InChI=1S/C26H23Cl2N3O2S/c1-17-7-10-20(11-8-17)31-24(32)16-23(25(31)33)30(14-13-18-5-3-2-4-6-18)26(34)29-22-15-19(27)9-12-21(22)28/h2-12,15,23H,13-14,16H2,1H3,(H,29,34)/t23-/m1/s1. The largest absolute Gasteiger partial charge is 0.336 e. The fourth-order valence-corrected chi connectivity index (χ4v) is 4.56. The third-order valence-corrected chi connectivity index (χ3v) is 6.61. The van der Waals surface area contributed by atoms with Crippen LogP contribution in [-0.2, 0) is 16.0 Å². The van der Waals surface area contributed by atoms with Crippen molar-refractivity contribution in [3.63, 3.8) is 0 Å². The predicted octanol–water partition coefficient (Wildman–Crippen LogP) is 5.88. The summed E-state index contributed by atoms with van der Waals surface area (Å²) in [7, 11) is 0. The van der Waals surface area contributed by atoms with Crippen LogP contribution < -0.4 is 10.2 Å². The van der Waals surface area contributed by atoms with Gasteiger partial charge in [-0.15, -0.1) is 0 Å². The molecule has 174 valence electrons. The highest BCUT2D eigenvalue weighted by Crippen LogP contribution is 2.29. The number of hydrogen-bond acceptors (Lipinski definition) is 3. The second kappa shape index (κ2) is 10.6. The number of anilines is 2. The molecule has 8 heteroatoms. The Bertz CT molecular complexity index is 1220. The van der Waals surface area contributed by atoms with Gasteiger partial charge < -0.3 is 10.2 Å². The molecular formula is C26H23Cl2N3O2S. The van der Waals surface area contributed by atoms with Crippen LogP contribution in [0.3, 0.4) is 0 Å². The van der Waals surface area contributed by atoms with Gasteiger partial charge in [0.2, 0.25) is 5.91 Å². The second-order valence-electron chi connectivity index (χ2n) is 8.11. The first-order valence-corrected chi connectivity index (χ1v) is 12.0. The monoisotopic (exact) mass is 511 g/mol. The van der Waals surface area contributed by atoms with E-state index in [0.717, 1.165) is 11.1 Å². The van der Waals surface area contributed by atoms with E-state index in [1.165, 1.54) is 4.90 Å². The number of rotatable bonds is 6. The summed E-state index contributed by atoms with van der Waals surface area (Å²) in [5.74, 6) is -0.560. The second-order valence-corrected chi connectivity index (χ2v) is 9.34. The quantitative estimate of drug-likeness (QED) is 0.331. The van der Waals surface area contributed by atoms with Gasteiger partial charge in [-0.3, -0.25) is 9.59 Å². The van der Waals surface area contributed by atoms with Crippen molar-refractivity contribution in [2.75, 3.05) is 16.8 Å². The summed E-state index contributed by atoms with van der Waals surface area (Å²) in [5, 5.41) is 4.38. The summed E-state index contributed by atoms with van der Waals surface area (Å²) in [6, 6.07) is 21.5. The van der Waals surface area contributed by atoms with E-state index in [1.54, 1.807) is 35.2 Å². The maximum Gasteiger partial charge on any atom is 0.257 e. The summed E-state index contributed by atoms with van der Waals surface area (Å²) in [5.41, 5.74) is 3.25. The molecule has 0 unspecified atom stereocenters. The molecule has 3 aromatic rings. The van der Waals surface area contributed by atoms with Gasteiger partial charge in [0.15, 0.2) is 5.11 Å². The maximum atomic E-state index is 13.5. The summed E-state index contributed by atoms with van der Waals surface area (Å²) in [4.78, 5) is 29.4. The first-order chi connectivity index (χ1) is 16.3. The van der Waals surface area contributed by atoms with Gasteiger partial charge >= 0.3 is 0 Å². The molecule has 3 aromatic carbocycles. The minimum absolute atomic E-state index is 0.0343.